The van der Waals surface area contributed by atoms with E-state index in [1.54, 1.807) is 12.1 Å². The zero-order valence-corrected chi connectivity index (χ0v) is 10.3. The molecule has 1 aromatic carbocycles. The summed E-state index contributed by atoms with van der Waals surface area (Å²) >= 11 is 6.19. The summed E-state index contributed by atoms with van der Waals surface area (Å²) in [5.74, 6) is -0.205. The number of halogens is 2. The Balaban J connectivity index is 2.42. The molecule has 1 atom stereocenters. The Bertz CT molecular complexity index is 372. The molecule has 3 heteroatoms. The van der Waals surface area contributed by atoms with Gasteiger partial charge in [-0.25, -0.2) is 4.39 Å². The lowest BCUT2D eigenvalue weighted by Gasteiger charge is -2.31. The number of rotatable bonds is 3. The molecule has 1 aliphatic heterocycles. The molecule has 0 amide bonds. The molecule has 1 N–H and O–H groups in total. The molecule has 16 heavy (non-hydrogen) atoms. The van der Waals surface area contributed by atoms with Crippen molar-refractivity contribution >= 4 is 11.6 Å². The van der Waals surface area contributed by atoms with E-state index >= 15 is 0 Å². The minimum absolute atomic E-state index is 0.103. The van der Waals surface area contributed by atoms with Gasteiger partial charge in [0.05, 0.1) is 0 Å². The lowest BCUT2D eigenvalue weighted by atomic mass is 9.84. The molecule has 1 aromatic rings. The highest BCUT2D eigenvalue weighted by molar-refractivity contribution is 6.31. The first kappa shape index (κ1) is 11.9. The van der Waals surface area contributed by atoms with E-state index < -0.39 is 0 Å². The SMILES string of the molecule is CCCC1(c2cc(F)ccc2Cl)CCCN1. The average molecular weight is 242 g/mol. The summed E-state index contributed by atoms with van der Waals surface area (Å²) in [7, 11) is 0. The fourth-order valence-corrected chi connectivity index (χ4v) is 2.97. The van der Waals surface area contributed by atoms with E-state index in [1.165, 1.54) is 6.07 Å². The summed E-state index contributed by atoms with van der Waals surface area (Å²) in [6, 6.07) is 4.65. The van der Waals surface area contributed by atoms with Crippen molar-refractivity contribution in [2.24, 2.45) is 0 Å². The maximum absolute atomic E-state index is 13.3. The minimum Gasteiger partial charge on any atom is -0.307 e. The third-order valence-corrected chi connectivity index (χ3v) is 3.69. The summed E-state index contributed by atoms with van der Waals surface area (Å²) in [5.41, 5.74) is 0.821. The van der Waals surface area contributed by atoms with Crippen LogP contribution >= 0.6 is 11.6 Å². The molecule has 0 aromatic heterocycles. The largest absolute Gasteiger partial charge is 0.307 e. The van der Waals surface area contributed by atoms with Crippen molar-refractivity contribution in [3.8, 4) is 0 Å². The van der Waals surface area contributed by atoms with E-state index in [-0.39, 0.29) is 11.4 Å². The molecule has 1 aliphatic rings. The van der Waals surface area contributed by atoms with Gasteiger partial charge in [0.15, 0.2) is 0 Å². The van der Waals surface area contributed by atoms with Crippen LogP contribution in [0.4, 0.5) is 4.39 Å². The quantitative estimate of drug-likeness (QED) is 0.848. The van der Waals surface area contributed by atoms with Crippen LogP contribution in [0.1, 0.15) is 38.2 Å². The summed E-state index contributed by atoms with van der Waals surface area (Å²) < 4.78 is 13.3. The Morgan fingerprint density at radius 3 is 2.94 bits per heavy atom. The zero-order chi connectivity index (χ0) is 11.6. The number of hydrogen-bond donors (Lipinski definition) is 1. The van der Waals surface area contributed by atoms with Crippen molar-refractivity contribution in [2.75, 3.05) is 6.54 Å². The molecule has 1 heterocycles. The van der Waals surface area contributed by atoms with Crippen LogP contribution in [0, 0.1) is 5.82 Å². The molecule has 88 valence electrons. The van der Waals surface area contributed by atoms with Crippen LogP contribution in [0.15, 0.2) is 18.2 Å². The van der Waals surface area contributed by atoms with Gasteiger partial charge in [-0.05, 0) is 49.6 Å². The summed E-state index contributed by atoms with van der Waals surface area (Å²) in [6.45, 7) is 3.14. The Hall–Kier alpha value is -0.600. The van der Waals surface area contributed by atoms with Gasteiger partial charge < -0.3 is 5.32 Å². The van der Waals surface area contributed by atoms with Crippen LogP contribution in [0.2, 0.25) is 5.02 Å². The highest BCUT2D eigenvalue weighted by atomic mass is 35.5. The van der Waals surface area contributed by atoms with Gasteiger partial charge in [0.25, 0.3) is 0 Å². The van der Waals surface area contributed by atoms with E-state index in [9.17, 15) is 4.39 Å². The third-order valence-electron chi connectivity index (χ3n) is 3.36. The van der Waals surface area contributed by atoms with Crippen molar-refractivity contribution in [1.82, 2.24) is 5.32 Å². The minimum atomic E-state index is -0.205. The molecule has 1 fully saturated rings. The second kappa shape index (κ2) is 4.72. The summed E-state index contributed by atoms with van der Waals surface area (Å²) in [5, 5.41) is 4.17. The summed E-state index contributed by atoms with van der Waals surface area (Å²) in [6.07, 6.45) is 4.26. The fraction of sp³-hybridized carbons (Fsp3) is 0.538. The zero-order valence-electron chi connectivity index (χ0n) is 9.52. The van der Waals surface area contributed by atoms with Crippen LogP contribution in [0.3, 0.4) is 0 Å². The van der Waals surface area contributed by atoms with Crippen molar-refractivity contribution in [3.05, 3.63) is 34.6 Å². The van der Waals surface area contributed by atoms with Gasteiger partial charge in [-0.1, -0.05) is 24.9 Å². The molecule has 0 radical (unpaired) electrons. The van der Waals surface area contributed by atoms with E-state index in [4.69, 9.17) is 11.6 Å². The van der Waals surface area contributed by atoms with E-state index in [0.717, 1.165) is 37.8 Å². The molecule has 0 bridgehead atoms. The van der Waals surface area contributed by atoms with Crippen LogP contribution in [0.25, 0.3) is 0 Å². The maximum atomic E-state index is 13.3. The molecular formula is C13H17ClFN. The fourth-order valence-electron chi connectivity index (χ4n) is 2.68. The second-order valence-corrected chi connectivity index (χ2v) is 4.89. The Labute approximate surface area is 101 Å². The van der Waals surface area contributed by atoms with Gasteiger partial charge in [-0.3, -0.25) is 0 Å². The standard InChI is InChI=1S/C13H17ClFN/c1-2-6-13(7-3-8-16-13)11-9-10(15)4-5-12(11)14/h4-5,9,16H,2-3,6-8H2,1H3. The highest BCUT2D eigenvalue weighted by Crippen LogP contribution is 2.39. The normalized spacial score (nSPS) is 24.9. The first-order valence-corrected chi connectivity index (χ1v) is 6.26. The number of hydrogen-bond acceptors (Lipinski definition) is 1. The van der Waals surface area contributed by atoms with E-state index in [1.807, 2.05) is 0 Å². The lowest BCUT2D eigenvalue weighted by molar-refractivity contribution is 0.354. The first-order chi connectivity index (χ1) is 7.68. The first-order valence-electron chi connectivity index (χ1n) is 5.88. The van der Waals surface area contributed by atoms with Gasteiger partial charge in [0.2, 0.25) is 0 Å². The Morgan fingerprint density at radius 1 is 1.50 bits per heavy atom. The Morgan fingerprint density at radius 2 is 2.31 bits per heavy atom. The predicted octanol–water partition coefficient (Wildman–Crippen LogP) is 3.86. The van der Waals surface area contributed by atoms with Crippen LogP contribution in [-0.2, 0) is 5.54 Å². The smallest absolute Gasteiger partial charge is 0.123 e. The van der Waals surface area contributed by atoms with Crippen LogP contribution in [0.5, 0.6) is 0 Å². The van der Waals surface area contributed by atoms with Crippen molar-refractivity contribution in [3.63, 3.8) is 0 Å². The predicted molar refractivity (Wildman–Crippen MR) is 65.2 cm³/mol. The maximum Gasteiger partial charge on any atom is 0.123 e. The van der Waals surface area contributed by atoms with E-state index in [2.05, 4.69) is 12.2 Å². The molecule has 1 nitrogen and oxygen atoms in total. The number of benzene rings is 1. The number of nitrogens with one attached hydrogen (secondary N) is 1. The topological polar surface area (TPSA) is 12.0 Å². The summed E-state index contributed by atoms with van der Waals surface area (Å²) in [4.78, 5) is 0. The van der Waals surface area contributed by atoms with Gasteiger partial charge in [-0.2, -0.15) is 0 Å². The monoisotopic (exact) mass is 241 g/mol. The van der Waals surface area contributed by atoms with E-state index in [0.29, 0.717) is 5.02 Å². The molecular weight excluding hydrogens is 225 g/mol. The van der Waals surface area contributed by atoms with Crippen molar-refractivity contribution in [2.45, 2.75) is 38.1 Å². The third kappa shape index (κ3) is 2.09. The van der Waals surface area contributed by atoms with Crippen LogP contribution in [-0.4, -0.2) is 6.54 Å². The molecule has 0 aliphatic carbocycles. The molecule has 0 saturated carbocycles. The highest BCUT2D eigenvalue weighted by Gasteiger charge is 2.35. The van der Waals surface area contributed by atoms with Crippen molar-refractivity contribution in [1.29, 1.82) is 0 Å². The van der Waals surface area contributed by atoms with Gasteiger partial charge in [0, 0.05) is 10.6 Å². The lowest BCUT2D eigenvalue weighted by Crippen LogP contribution is -2.37. The van der Waals surface area contributed by atoms with Crippen molar-refractivity contribution < 1.29 is 4.39 Å². The second-order valence-electron chi connectivity index (χ2n) is 4.49. The van der Waals surface area contributed by atoms with Gasteiger partial charge in [0.1, 0.15) is 5.82 Å². The molecule has 0 spiro atoms. The van der Waals surface area contributed by atoms with Crippen LogP contribution < -0.4 is 5.32 Å². The molecule has 2 rings (SSSR count). The van der Waals surface area contributed by atoms with Gasteiger partial charge in [-0.15, -0.1) is 0 Å². The molecule has 1 saturated heterocycles. The Kier molecular flexibility index (Phi) is 3.50. The molecule has 1 unspecified atom stereocenters. The average Bonchev–Trinajstić information content (AvgIpc) is 2.72. The van der Waals surface area contributed by atoms with Gasteiger partial charge >= 0.3 is 0 Å².